The van der Waals surface area contributed by atoms with Crippen molar-refractivity contribution in [1.29, 1.82) is 0 Å². The zero-order valence-electron chi connectivity index (χ0n) is 14.7. The molecule has 1 aromatic carbocycles. The molecule has 27 heavy (non-hydrogen) atoms. The van der Waals surface area contributed by atoms with Crippen molar-refractivity contribution in [1.82, 2.24) is 5.32 Å². The standard InChI is InChI=1S/C19H17N3O4S/c1-11-9-15(22-18(24)14-7-4-8-26-14)27-16(11)19(25)21-13-6-3-5-12(10-13)17(23)20-2/h3-10H,1-2H3,(H,20,23)(H,21,25)(H,22,24). The van der Waals surface area contributed by atoms with Crippen LogP contribution in [0, 0.1) is 6.92 Å². The average molecular weight is 383 g/mol. The minimum absolute atomic E-state index is 0.193. The van der Waals surface area contributed by atoms with Gasteiger partial charge >= 0.3 is 0 Å². The number of amides is 3. The first kappa shape index (κ1) is 18.4. The van der Waals surface area contributed by atoms with Crippen LogP contribution in [0.15, 0.2) is 53.1 Å². The SMILES string of the molecule is CNC(=O)c1cccc(NC(=O)c2sc(NC(=O)c3ccco3)cc2C)c1. The summed E-state index contributed by atoms with van der Waals surface area (Å²) in [5, 5.41) is 8.56. The smallest absolute Gasteiger partial charge is 0.291 e. The number of hydrogen-bond acceptors (Lipinski definition) is 5. The van der Waals surface area contributed by atoms with Crippen LogP contribution < -0.4 is 16.0 Å². The Morgan fingerprint density at radius 2 is 1.78 bits per heavy atom. The maximum absolute atomic E-state index is 12.6. The van der Waals surface area contributed by atoms with E-state index in [4.69, 9.17) is 4.42 Å². The van der Waals surface area contributed by atoms with Crippen molar-refractivity contribution >= 4 is 39.7 Å². The van der Waals surface area contributed by atoms with E-state index in [0.29, 0.717) is 21.1 Å². The number of carbonyl (C=O) groups excluding carboxylic acids is 3. The molecule has 0 saturated carbocycles. The summed E-state index contributed by atoms with van der Waals surface area (Å²) in [6, 6.07) is 11.6. The third kappa shape index (κ3) is 4.24. The molecular weight excluding hydrogens is 366 g/mol. The molecule has 3 aromatic rings. The van der Waals surface area contributed by atoms with Crippen LogP contribution in [0.1, 0.15) is 36.1 Å². The van der Waals surface area contributed by atoms with Crippen LogP contribution in [0.2, 0.25) is 0 Å². The lowest BCUT2D eigenvalue weighted by Gasteiger charge is -2.06. The maximum atomic E-state index is 12.6. The number of aryl methyl sites for hydroxylation is 1. The number of carbonyl (C=O) groups is 3. The predicted octanol–water partition coefficient (Wildman–Crippen LogP) is 3.51. The van der Waals surface area contributed by atoms with Gasteiger partial charge in [-0.25, -0.2) is 0 Å². The molecule has 0 bridgehead atoms. The van der Waals surface area contributed by atoms with E-state index in [1.54, 1.807) is 56.4 Å². The molecule has 2 aromatic heterocycles. The molecule has 138 valence electrons. The second kappa shape index (κ2) is 7.88. The number of nitrogens with one attached hydrogen (secondary N) is 3. The molecule has 7 nitrogen and oxygen atoms in total. The number of thiophene rings is 1. The van der Waals surface area contributed by atoms with Gasteiger partial charge in [0.15, 0.2) is 5.76 Å². The minimum Gasteiger partial charge on any atom is -0.459 e. The fourth-order valence-corrected chi connectivity index (χ4v) is 3.38. The zero-order chi connectivity index (χ0) is 19.4. The summed E-state index contributed by atoms with van der Waals surface area (Å²) in [6.45, 7) is 1.79. The number of rotatable bonds is 5. The fourth-order valence-electron chi connectivity index (χ4n) is 2.42. The van der Waals surface area contributed by atoms with Crippen LogP contribution in [0.4, 0.5) is 10.7 Å². The first-order chi connectivity index (χ1) is 13.0. The number of benzene rings is 1. The molecule has 2 heterocycles. The molecule has 0 aliphatic heterocycles. The lowest BCUT2D eigenvalue weighted by atomic mass is 10.2. The highest BCUT2D eigenvalue weighted by atomic mass is 32.1. The van der Waals surface area contributed by atoms with E-state index in [1.807, 2.05) is 0 Å². The van der Waals surface area contributed by atoms with Crippen molar-refractivity contribution in [2.45, 2.75) is 6.92 Å². The molecule has 0 unspecified atom stereocenters. The third-order valence-corrected chi connectivity index (χ3v) is 4.87. The number of furan rings is 1. The van der Waals surface area contributed by atoms with Gasteiger partial charge in [0, 0.05) is 18.3 Å². The largest absolute Gasteiger partial charge is 0.459 e. The van der Waals surface area contributed by atoms with E-state index in [1.165, 1.54) is 6.26 Å². The van der Waals surface area contributed by atoms with Crippen LogP contribution >= 0.6 is 11.3 Å². The highest BCUT2D eigenvalue weighted by Gasteiger charge is 2.17. The van der Waals surface area contributed by atoms with Crippen LogP contribution in [-0.2, 0) is 0 Å². The number of hydrogen-bond donors (Lipinski definition) is 3. The van der Waals surface area contributed by atoms with Gasteiger partial charge in [-0.3, -0.25) is 14.4 Å². The molecule has 0 aliphatic rings. The Hall–Kier alpha value is -3.39. The van der Waals surface area contributed by atoms with Gasteiger partial charge in [-0.05, 0) is 48.9 Å². The molecule has 0 saturated heterocycles. The van der Waals surface area contributed by atoms with Gasteiger partial charge in [-0.2, -0.15) is 0 Å². The van der Waals surface area contributed by atoms with Crippen LogP contribution in [0.5, 0.6) is 0 Å². The van der Waals surface area contributed by atoms with E-state index in [9.17, 15) is 14.4 Å². The summed E-state index contributed by atoms with van der Waals surface area (Å²) in [6.07, 6.45) is 1.42. The topological polar surface area (TPSA) is 100 Å². The Balaban J connectivity index is 1.73. The predicted molar refractivity (Wildman–Crippen MR) is 104 cm³/mol. The van der Waals surface area contributed by atoms with Gasteiger partial charge in [0.1, 0.15) is 0 Å². The Morgan fingerprint density at radius 1 is 0.963 bits per heavy atom. The summed E-state index contributed by atoms with van der Waals surface area (Å²) in [4.78, 5) is 36.8. The highest BCUT2D eigenvalue weighted by Crippen LogP contribution is 2.28. The molecule has 0 aliphatic carbocycles. The van der Waals surface area contributed by atoms with Gasteiger partial charge in [-0.1, -0.05) is 6.07 Å². The Kier molecular flexibility index (Phi) is 5.37. The normalized spacial score (nSPS) is 10.3. The van der Waals surface area contributed by atoms with E-state index in [0.717, 1.165) is 16.9 Å². The molecule has 0 radical (unpaired) electrons. The van der Waals surface area contributed by atoms with Crippen molar-refractivity contribution in [3.8, 4) is 0 Å². The second-order valence-electron chi connectivity index (χ2n) is 5.67. The summed E-state index contributed by atoms with van der Waals surface area (Å²) >= 11 is 1.16. The Morgan fingerprint density at radius 3 is 2.48 bits per heavy atom. The van der Waals surface area contributed by atoms with Crippen LogP contribution in [-0.4, -0.2) is 24.8 Å². The van der Waals surface area contributed by atoms with E-state index >= 15 is 0 Å². The van der Waals surface area contributed by atoms with Crippen molar-refractivity contribution in [3.63, 3.8) is 0 Å². The van der Waals surface area contributed by atoms with Crippen molar-refractivity contribution in [2.75, 3.05) is 17.7 Å². The highest BCUT2D eigenvalue weighted by molar-refractivity contribution is 7.18. The molecular formula is C19H17N3O4S. The fraction of sp³-hybridized carbons (Fsp3) is 0.105. The zero-order valence-corrected chi connectivity index (χ0v) is 15.5. The van der Waals surface area contributed by atoms with Gasteiger partial charge in [0.2, 0.25) is 0 Å². The molecule has 0 spiro atoms. The lowest BCUT2D eigenvalue weighted by molar-refractivity contribution is 0.0960. The molecule has 3 amide bonds. The van der Waals surface area contributed by atoms with Gasteiger partial charge in [0.05, 0.1) is 16.1 Å². The number of anilines is 2. The van der Waals surface area contributed by atoms with Crippen LogP contribution in [0.25, 0.3) is 0 Å². The monoisotopic (exact) mass is 383 g/mol. The molecule has 0 fully saturated rings. The Bertz CT molecular complexity index is 992. The minimum atomic E-state index is -0.383. The quantitative estimate of drug-likeness (QED) is 0.628. The third-order valence-electron chi connectivity index (χ3n) is 3.72. The molecule has 0 atom stereocenters. The van der Waals surface area contributed by atoms with Gasteiger partial charge < -0.3 is 20.4 Å². The first-order valence-electron chi connectivity index (χ1n) is 8.06. The maximum Gasteiger partial charge on any atom is 0.291 e. The van der Waals surface area contributed by atoms with Crippen molar-refractivity contribution < 1.29 is 18.8 Å². The van der Waals surface area contributed by atoms with Crippen molar-refractivity contribution in [2.24, 2.45) is 0 Å². The average Bonchev–Trinajstić information content (AvgIpc) is 3.31. The first-order valence-corrected chi connectivity index (χ1v) is 8.88. The molecule has 8 heteroatoms. The van der Waals surface area contributed by atoms with E-state index < -0.39 is 0 Å². The van der Waals surface area contributed by atoms with E-state index in [2.05, 4.69) is 16.0 Å². The summed E-state index contributed by atoms with van der Waals surface area (Å²) in [5.41, 5.74) is 1.69. The van der Waals surface area contributed by atoms with Gasteiger partial charge in [-0.15, -0.1) is 11.3 Å². The molecule has 3 N–H and O–H groups in total. The van der Waals surface area contributed by atoms with E-state index in [-0.39, 0.29) is 23.5 Å². The summed E-state index contributed by atoms with van der Waals surface area (Å²) in [5.74, 6) is -0.740. The van der Waals surface area contributed by atoms with Crippen molar-refractivity contribution in [3.05, 3.63) is 70.5 Å². The lowest BCUT2D eigenvalue weighted by Crippen LogP contribution is -2.18. The van der Waals surface area contributed by atoms with Gasteiger partial charge in [0.25, 0.3) is 17.7 Å². The summed E-state index contributed by atoms with van der Waals surface area (Å²) in [7, 11) is 1.54. The second-order valence-corrected chi connectivity index (χ2v) is 6.72. The van der Waals surface area contributed by atoms with Crippen LogP contribution in [0.3, 0.4) is 0 Å². The molecule has 3 rings (SSSR count). The Labute approximate surface area is 159 Å². The summed E-state index contributed by atoms with van der Waals surface area (Å²) < 4.78 is 5.05.